The molecule has 1 N–H and O–H groups in total. The molecule has 0 saturated carbocycles. The van der Waals surface area contributed by atoms with Gasteiger partial charge in [0.2, 0.25) is 0 Å². The monoisotopic (exact) mass is 346 g/mol. The third-order valence-electron chi connectivity index (χ3n) is 3.51. The summed E-state index contributed by atoms with van der Waals surface area (Å²) in [6.07, 6.45) is 0. The van der Waals surface area contributed by atoms with Gasteiger partial charge in [-0.1, -0.05) is 35.3 Å². The number of rotatable bonds is 3. The topological polar surface area (TPSA) is 55.1 Å². The minimum atomic E-state index is -1.06. The third kappa shape index (κ3) is 2.96. The molecule has 3 rings (SSSR count). The minimum absolute atomic E-state index is 0.0184. The molecule has 0 saturated heterocycles. The second kappa shape index (κ2) is 6.07. The van der Waals surface area contributed by atoms with Gasteiger partial charge in [0.15, 0.2) is 5.69 Å². The molecule has 0 aliphatic rings. The molecule has 6 heteroatoms. The molecule has 2 aromatic carbocycles. The average Bonchev–Trinajstić information content (AvgIpc) is 2.87. The number of aromatic nitrogens is 2. The predicted octanol–water partition coefficient (Wildman–Crippen LogP) is 4.85. The second-order valence-electron chi connectivity index (χ2n) is 5.02. The van der Waals surface area contributed by atoms with Crippen LogP contribution in [0.15, 0.2) is 48.5 Å². The maximum Gasteiger partial charge on any atom is 0.356 e. The Bertz CT molecular complexity index is 869. The van der Waals surface area contributed by atoms with E-state index in [9.17, 15) is 9.90 Å². The summed E-state index contributed by atoms with van der Waals surface area (Å²) in [4.78, 5) is 11.4. The number of hydrogen-bond donors (Lipinski definition) is 1. The molecule has 1 aromatic heterocycles. The number of carboxylic acid groups (broad SMARTS) is 1. The van der Waals surface area contributed by atoms with E-state index in [4.69, 9.17) is 23.2 Å². The molecule has 3 aromatic rings. The summed E-state index contributed by atoms with van der Waals surface area (Å²) in [6.45, 7) is 1.74. The fraction of sp³-hybridized carbons (Fsp3) is 0.0588. The van der Waals surface area contributed by atoms with Crippen LogP contribution in [0.25, 0.3) is 16.9 Å². The van der Waals surface area contributed by atoms with Gasteiger partial charge in [-0.05, 0) is 43.3 Å². The third-order valence-corrected chi connectivity index (χ3v) is 4.02. The highest BCUT2D eigenvalue weighted by molar-refractivity contribution is 6.30. The fourth-order valence-electron chi connectivity index (χ4n) is 2.41. The van der Waals surface area contributed by atoms with Crippen molar-refractivity contribution in [2.24, 2.45) is 0 Å². The van der Waals surface area contributed by atoms with Crippen LogP contribution in [0, 0.1) is 6.92 Å². The zero-order chi connectivity index (χ0) is 16.6. The maximum atomic E-state index is 11.4. The second-order valence-corrected chi connectivity index (χ2v) is 5.90. The van der Waals surface area contributed by atoms with E-state index in [-0.39, 0.29) is 5.69 Å². The predicted molar refractivity (Wildman–Crippen MR) is 90.7 cm³/mol. The Balaban J connectivity index is 2.25. The largest absolute Gasteiger partial charge is 0.476 e. The van der Waals surface area contributed by atoms with Crippen LogP contribution in [0.4, 0.5) is 0 Å². The molecular formula is C17H12Cl2N2O2. The molecule has 0 aliphatic heterocycles. The number of carboxylic acids is 1. The van der Waals surface area contributed by atoms with Crippen LogP contribution in [0.3, 0.4) is 0 Å². The van der Waals surface area contributed by atoms with Gasteiger partial charge in [-0.2, -0.15) is 5.10 Å². The highest BCUT2D eigenvalue weighted by Gasteiger charge is 2.21. The molecule has 116 valence electrons. The molecule has 4 nitrogen and oxygen atoms in total. The lowest BCUT2D eigenvalue weighted by molar-refractivity contribution is 0.0689. The zero-order valence-electron chi connectivity index (χ0n) is 12.1. The summed E-state index contributed by atoms with van der Waals surface area (Å²) < 4.78 is 1.61. The quantitative estimate of drug-likeness (QED) is 0.737. The van der Waals surface area contributed by atoms with Crippen molar-refractivity contribution in [3.05, 3.63) is 69.8 Å². The van der Waals surface area contributed by atoms with Crippen molar-refractivity contribution < 1.29 is 9.90 Å². The first kappa shape index (κ1) is 15.6. The molecule has 0 bridgehead atoms. The number of nitrogens with zero attached hydrogens (tertiary/aromatic N) is 2. The van der Waals surface area contributed by atoms with Crippen molar-refractivity contribution in [1.29, 1.82) is 0 Å². The van der Waals surface area contributed by atoms with Crippen molar-refractivity contribution in [1.82, 2.24) is 9.78 Å². The van der Waals surface area contributed by atoms with Crippen LogP contribution in [0.5, 0.6) is 0 Å². The molecule has 0 aliphatic carbocycles. The summed E-state index contributed by atoms with van der Waals surface area (Å²) in [6, 6.07) is 14.3. The van der Waals surface area contributed by atoms with Gasteiger partial charge < -0.3 is 5.11 Å². The van der Waals surface area contributed by atoms with Crippen molar-refractivity contribution in [3.63, 3.8) is 0 Å². The van der Waals surface area contributed by atoms with E-state index >= 15 is 0 Å². The number of aromatic carboxylic acids is 1. The van der Waals surface area contributed by atoms with E-state index < -0.39 is 5.97 Å². The Morgan fingerprint density at radius 3 is 2.04 bits per heavy atom. The standard InChI is InChI=1S/C17H12Cl2N2O2/c1-10-15(17(22)23)20-21(14-8-6-13(19)7-9-14)16(10)11-2-4-12(18)5-3-11/h2-9H,1H3,(H,22,23). The van der Waals surface area contributed by atoms with Gasteiger partial charge in [-0.25, -0.2) is 9.48 Å². The molecule has 0 spiro atoms. The Hall–Kier alpha value is -2.30. The first-order valence-electron chi connectivity index (χ1n) is 6.82. The number of halogens is 2. The first-order chi connectivity index (χ1) is 11.0. The van der Waals surface area contributed by atoms with Gasteiger partial charge in [0, 0.05) is 21.2 Å². The summed E-state index contributed by atoms with van der Waals surface area (Å²) in [5.41, 5.74) is 2.89. The van der Waals surface area contributed by atoms with Gasteiger partial charge in [-0.3, -0.25) is 0 Å². The fourth-order valence-corrected chi connectivity index (χ4v) is 2.67. The van der Waals surface area contributed by atoms with Crippen molar-refractivity contribution in [2.45, 2.75) is 6.92 Å². The number of benzene rings is 2. The molecule has 0 radical (unpaired) electrons. The first-order valence-corrected chi connectivity index (χ1v) is 7.58. The molecular weight excluding hydrogens is 335 g/mol. The summed E-state index contributed by atoms with van der Waals surface area (Å²) in [7, 11) is 0. The lowest BCUT2D eigenvalue weighted by atomic mass is 10.1. The van der Waals surface area contributed by atoms with Crippen molar-refractivity contribution in [2.75, 3.05) is 0 Å². The van der Waals surface area contributed by atoms with Crippen molar-refractivity contribution in [3.8, 4) is 16.9 Å². The molecule has 0 fully saturated rings. The van der Waals surface area contributed by atoms with E-state index in [1.807, 2.05) is 12.1 Å². The highest BCUT2D eigenvalue weighted by Crippen LogP contribution is 2.30. The lowest BCUT2D eigenvalue weighted by Crippen LogP contribution is -2.02. The summed E-state index contributed by atoms with van der Waals surface area (Å²) in [5, 5.41) is 14.8. The normalized spacial score (nSPS) is 10.7. The number of carbonyl (C=O) groups is 1. The van der Waals surface area contributed by atoms with E-state index in [0.717, 1.165) is 11.3 Å². The Kier molecular flexibility index (Phi) is 4.11. The summed E-state index contributed by atoms with van der Waals surface area (Å²) in [5.74, 6) is -1.06. The molecule has 1 heterocycles. The van der Waals surface area contributed by atoms with Crippen LogP contribution in [-0.4, -0.2) is 20.9 Å². The van der Waals surface area contributed by atoms with Gasteiger partial charge in [0.1, 0.15) is 0 Å². The Morgan fingerprint density at radius 1 is 1.00 bits per heavy atom. The van der Waals surface area contributed by atoms with Crippen molar-refractivity contribution >= 4 is 29.2 Å². The molecule has 0 amide bonds. The van der Waals surface area contributed by atoms with Gasteiger partial charge in [0.25, 0.3) is 0 Å². The Morgan fingerprint density at radius 2 is 1.52 bits per heavy atom. The van der Waals surface area contributed by atoms with Crippen LogP contribution in [-0.2, 0) is 0 Å². The van der Waals surface area contributed by atoms with Crippen LogP contribution in [0.1, 0.15) is 16.1 Å². The lowest BCUT2D eigenvalue weighted by Gasteiger charge is -2.09. The van der Waals surface area contributed by atoms with Crippen LogP contribution < -0.4 is 0 Å². The Labute approximate surface area is 142 Å². The average molecular weight is 347 g/mol. The van der Waals surface area contributed by atoms with Gasteiger partial charge >= 0.3 is 5.97 Å². The van der Waals surface area contributed by atoms with E-state index in [1.165, 1.54) is 0 Å². The summed E-state index contributed by atoms with van der Waals surface area (Å²) >= 11 is 11.9. The van der Waals surface area contributed by atoms with Gasteiger partial charge in [0.05, 0.1) is 11.4 Å². The van der Waals surface area contributed by atoms with E-state index in [2.05, 4.69) is 5.10 Å². The van der Waals surface area contributed by atoms with Gasteiger partial charge in [-0.15, -0.1) is 0 Å². The molecule has 0 unspecified atom stereocenters. The minimum Gasteiger partial charge on any atom is -0.476 e. The van der Waals surface area contributed by atoms with Crippen LogP contribution in [0.2, 0.25) is 10.0 Å². The SMILES string of the molecule is Cc1c(C(=O)O)nn(-c2ccc(Cl)cc2)c1-c1ccc(Cl)cc1. The maximum absolute atomic E-state index is 11.4. The molecule has 0 atom stereocenters. The van der Waals surface area contributed by atoms with E-state index in [0.29, 0.717) is 21.3 Å². The number of hydrogen-bond acceptors (Lipinski definition) is 2. The smallest absolute Gasteiger partial charge is 0.356 e. The highest BCUT2D eigenvalue weighted by atomic mass is 35.5. The van der Waals surface area contributed by atoms with E-state index in [1.54, 1.807) is 48.0 Å². The van der Waals surface area contributed by atoms with Crippen LogP contribution >= 0.6 is 23.2 Å². The zero-order valence-corrected chi connectivity index (χ0v) is 13.6. The molecule has 23 heavy (non-hydrogen) atoms.